The number of piperidine rings is 1. The van der Waals surface area contributed by atoms with E-state index in [1.54, 1.807) is 0 Å². The number of para-hydroxylation sites is 1. The van der Waals surface area contributed by atoms with Gasteiger partial charge in [-0.15, -0.1) is 12.4 Å². The van der Waals surface area contributed by atoms with Crippen LogP contribution in [-0.4, -0.2) is 22.9 Å². The molecule has 1 aromatic carbocycles. The molecule has 0 saturated carbocycles. The lowest BCUT2D eigenvalue weighted by Gasteiger charge is -2.23. The van der Waals surface area contributed by atoms with Crippen molar-refractivity contribution in [2.75, 3.05) is 13.1 Å². The zero-order valence-electron chi connectivity index (χ0n) is 10.2. The van der Waals surface area contributed by atoms with Crippen molar-refractivity contribution in [3.8, 4) is 5.69 Å². The lowest BCUT2D eigenvalue weighted by molar-refractivity contribution is 0.447. The third-order valence-corrected chi connectivity index (χ3v) is 3.39. The molecule has 18 heavy (non-hydrogen) atoms. The van der Waals surface area contributed by atoms with Crippen LogP contribution in [0, 0.1) is 0 Å². The average molecular weight is 264 g/mol. The minimum atomic E-state index is 0. The molecule has 1 aliphatic heterocycles. The van der Waals surface area contributed by atoms with Crippen molar-refractivity contribution in [3.63, 3.8) is 0 Å². The second-order valence-corrected chi connectivity index (χ2v) is 4.55. The van der Waals surface area contributed by atoms with Gasteiger partial charge in [-0.3, -0.25) is 0 Å². The van der Waals surface area contributed by atoms with Crippen LogP contribution < -0.4 is 5.32 Å². The van der Waals surface area contributed by atoms with Gasteiger partial charge in [-0.2, -0.15) is 5.10 Å². The Balaban J connectivity index is 0.00000120. The smallest absolute Gasteiger partial charge is 0.0648 e. The standard InChI is InChI=1S/C14H17N3.ClH/c1-2-6-13(7-3-1)17-14(8-10-16-17)12-5-4-9-15-11-12;/h1-3,6-8,10,12,15H,4-5,9,11H2;1H. The second kappa shape index (κ2) is 6.03. The molecule has 96 valence electrons. The van der Waals surface area contributed by atoms with E-state index in [9.17, 15) is 0 Å². The highest BCUT2D eigenvalue weighted by Crippen LogP contribution is 2.24. The Labute approximate surface area is 114 Å². The van der Waals surface area contributed by atoms with Gasteiger partial charge in [0.25, 0.3) is 0 Å². The van der Waals surface area contributed by atoms with E-state index in [0.717, 1.165) is 18.8 Å². The summed E-state index contributed by atoms with van der Waals surface area (Å²) in [5.41, 5.74) is 2.47. The van der Waals surface area contributed by atoms with Crippen LogP contribution in [0.4, 0.5) is 0 Å². The van der Waals surface area contributed by atoms with E-state index in [4.69, 9.17) is 0 Å². The summed E-state index contributed by atoms with van der Waals surface area (Å²) in [5, 5.41) is 7.91. The van der Waals surface area contributed by atoms with E-state index >= 15 is 0 Å². The molecule has 1 aliphatic rings. The highest BCUT2D eigenvalue weighted by Gasteiger charge is 2.19. The van der Waals surface area contributed by atoms with Crippen molar-refractivity contribution in [1.82, 2.24) is 15.1 Å². The average Bonchev–Trinajstić information content (AvgIpc) is 2.90. The predicted molar refractivity (Wildman–Crippen MR) is 75.7 cm³/mol. The maximum absolute atomic E-state index is 4.45. The van der Waals surface area contributed by atoms with E-state index < -0.39 is 0 Å². The summed E-state index contributed by atoms with van der Waals surface area (Å²) in [6, 6.07) is 12.5. The topological polar surface area (TPSA) is 29.9 Å². The molecule has 0 aliphatic carbocycles. The van der Waals surface area contributed by atoms with Crippen molar-refractivity contribution >= 4 is 12.4 Å². The molecule has 0 amide bonds. The summed E-state index contributed by atoms with van der Waals surface area (Å²) in [4.78, 5) is 0. The lowest BCUT2D eigenvalue weighted by atomic mass is 9.96. The molecule has 4 heteroatoms. The van der Waals surface area contributed by atoms with Gasteiger partial charge < -0.3 is 5.32 Å². The number of benzene rings is 1. The Kier molecular flexibility index (Phi) is 4.39. The molecule has 0 bridgehead atoms. The van der Waals surface area contributed by atoms with Gasteiger partial charge >= 0.3 is 0 Å². The van der Waals surface area contributed by atoms with Gasteiger partial charge in [0.05, 0.1) is 5.69 Å². The second-order valence-electron chi connectivity index (χ2n) is 4.55. The highest BCUT2D eigenvalue weighted by molar-refractivity contribution is 5.85. The third-order valence-electron chi connectivity index (χ3n) is 3.39. The van der Waals surface area contributed by atoms with Crippen LogP contribution in [0.5, 0.6) is 0 Å². The van der Waals surface area contributed by atoms with Crippen LogP contribution in [0.3, 0.4) is 0 Å². The molecule has 1 saturated heterocycles. The molecule has 1 atom stereocenters. The minimum Gasteiger partial charge on any atom is -0.316 e. The molecule has 1 aromatic heterocycles. The molecule has 0 radical (unpaired) electrons. The van der Waals surface area contributed by atoms with E-state index in [-0.39, 0.29) is 12.4 Å². The predicted octanol–water partition coefficient (Wildman–Crippen LogP) is 2.76. The number of aromatic nitrogens is 2. The number of nitrogens with zero attached hydrogens (tertiary/aromatic N) is 2. The van der Waals surface area contributed by atoms with E-state index in [1.807, 2.05) is 12.3 Å². The summed E-state index contributed by atoms with van der Waals surface area (Å²) in [7, 11) is 0. The molecular formula is C14H18ClN3. The molecule has 3 nitrogen and oxygen atoms in total. The van der Waals surface area contributed by atoms with Crippen molar-refractivity contribution in [3.05, 3.63) is 48.3 Å². The molecule has 2 aromatic rings. The monoisotopic (exact) mass is 263 g/mol. The van der Waals surface area contributed by atoms with Crippen LogP contribution in [0.25, 0.3) is 5.69 Å². The summed E-state index contributed by atoms with van der Waals surface area (Å²) >= 11 is 0. The zero-order valence-corrected chi connectivity index (χ0v) is 11.1. The van der Waals surface area contributed by atoms with Gasteiger partial charge in [-0.25, -0.2) is 4.68 Å². The number of nitrogens with one attached hydrogen (secondary N) is 1. The van der Waals surface area contributed by atoms with E-state index in [0.29, 0.717) is 5.92 Å². The van der Waals surface area contributed by atoms with Crippen LogP contribution >= 0.6 is 12.4 Å². The molecule has 1 fully saturated rings. The highest BCUT2D eigenvalue weighted by atomic mass is 35.5. The molecule has 2 heterocycles. The van der Waals surface area contributed by atoms with E-state index in [2.05, 4.69) is 45.4 Å². The Morgan fingerprint density at radius 3 is 2.72 bits per heavy atom. The molecule has 3 rings (SSSR count). The van der Waals surface area contributed by atoms with Gasteiger partial charge in [-0.1, -0.05) is 18.2 Å². The normalized spacial score (nSPS) is 19.2. The van der Waals surface area contributed by atoms with Crippen LogP contribution in [-0.2, 0) is 0 Å². The Hall–Kier alpha value is -1.32. The summed E-state index contributed by atoms with van der Waals surface area (Å²) in [5.74, 6) is 0.589. The fourth-order valence-electron chi connectivity index (χ4n) is 2.51. The maximum atomic E-state index is 4.45. The Bertz CT molecular complexity index is 475. The fraction of sp³-hybridized carbons (Fsp3) is 0.357. The van der Waals surface area contributed by atoms with Gasteiger partial charge in [0.2, 0.25) is 0 Å². The summed E-state index contributed by atoms with van der Waals surface area (Å²) < 4.78 is 2.07. The largest absolute Gasteiger partial charge is 0.316 e. The van der Waals surface area contributed by atoms with Crippen molar-refractivity contribution in [1.29, 1.82) is 0 Å². The minimum absolute atomic E-state index is 0. The van der Waals surface area contributed by atoms with Crippen molar-refractivity contribution in [2.24, 2.45) is 0 Å². The molecule has 0 spiro atoms. The van der Waals surface area contributed by atoms with Crippen molar-refractivity contribution < 1.29 is 0 Å². The van der Waals surface area contributed by atoms with Crippen molar-refractivity contribution in [2.45, 2.75) is 18.8 Å². The zero-order chi connectivity index (χ0) is 11.5. The van der Waals surface area contributed by atoms with Gasteiger partial charge in [0.15, 0.2) is 0 Å². The maximum Gasteiger partial charge on any atom is 0.0648 e. The first-order chi connectivity index (χ1) is 8.45. The van der Waals surface area contributed by atoms with Gasteiger partial charge in [0, 0.05) is 24.4 Å². The first-order valence-electron chi connectivity index (χ1n) is 6.25. The summed E-state index contributed by atoms with van der Waals surface area (Å²) in [6.45, 7) is 2.22. The van der Waals surface area contributed by atoms with Gasteiger partial charge in [-0.05, 0) is 37.6 Å². The number of halogens is 1. The molecule has 1 N–H and O–H groups in total. The van der Waals surface area contributed by atoms with E-state index in [1.165, 1.54) is 18.5 Å². The first-order valence-corrected chi connectivity index (χ1v) is 6.25. The Morgan fingerprint density at radius 2 is 2.00 bits per heavy atom. The lowest BCUT2D eigenvalue weighted by Crippen LogP contribution is -2.29. The van der Waals surface area contributed by atoms with Crippen LogP contribution in [0.1, 0.15) is 24.5 Å². The SMILES string of the molecule is Cl.c1ccc(-n2nccc2C2CCCNC2)cc1. The molecule has 1 unspecified atom stereocenters. The van der Waals surface area contributed by atoms with Crippen LogP contribution in [0.15, 0.2) is 42.6 Å². The number of rotatable bonds is 2. The number of hydrogen-bond acceptors (Lipinski definition) is 2. The third kappa shape index (κ3) is 2.57. The first kappa shape index (κ1) is 13.1. The fourth-order valence-corrected chi connectivity index (χ4v) is 2.51. The molecular weight excluding hydrogens is 246 g/mol. The summed E-state index contributed by atoms with van der Waals surface area (Å²) in [6.07, 6.45) is 4.41. The van der Waals surface area contributed by atoms with Gasteiger partial charge in [0.1, 0.15) is 0 Å². The Morgan fingerprint density at radius 1 is 1.17 bits per heavy atom. The number of hydrogen-bond donors (Lipinski definition) is 1. The quantitative estimate of drug-likeness (QED) is 0.903. The van der Waals surface area contributed by atoms with Crippen LogP contribution in [0.2, 0.25) is 0 Å².